The molecule has 0 aliphatic carbocycles. The van der Waals surface area contributed by atoms with Crippen molar-refractivity contribution >= 4 is 10.8 Å². The Labute approximate surface area is 118 Å². The molecule has 0 aliphatic rings. The normalized spacial score (nSPS) is 12.7. The number of hydrazine groups is 1. The van der Waals surface area contributed by atoms with Gasteiger partial charge in [0.1, 0.15) is 5.76 Å². The zero-order valence-corrected chi connectivity index (χ0v) is 11.3. The van der Waals surface area contributed by atoms with Gasteiger partial charge in [-0.25, -0.2) is 0 Å². The maximum absolute atomic E-state index is 5.66. The second-order valence-corrected chi connectivity index (χ2v) is 5.03. The number of nitrogens with two attached hydrogens (primary N) is 1. The first-order chi connectivity index (χ1) is 9.85. The van der Waals surface area contributed by atoms with Gasteiger partial charge in [0.2, 0.25) is 0 Å². The third kappa shape index (κ3) is 2.90. The lowest BCUT2D eigenvalue weighted by Crippen LogP contribution is -2.38. The van der Waals surface area contributed by atoms with Gasteiger partial charge >= 0.3 is 0 Å². The van der Waals surface area contributed by atoms with Crippen molar-refractivity contribution in [2.75, 3.05) is 0 Å². The Balaban J connectivity index is 1.76. The van der Waals surface area contributed by atoms with Gasteiger partial charge < -0.3 is 4.42 Å². The standard InChI is InChI=1S/C17H18N2O/c18-19-16(12-17-6-3-9-20-17)11-13-7-8-14-4-1-2-5-15(14)10-13/h1-10,16,19H,11-12,18H2. The third-order valence-electron chi connectivity index (χ3n) is 3.56. The second-order valence-electron chi connectivity index (χ2n) is 5.03. The molecule has 0 bridgehead atoms. The molecule has 0 radical (unpaired) electrons. The summed E-state index contributed by atoms with van der Waals surface area (Å²) < 4.78 is 5.38. The molecule has 1 heterocycles. The first-order valence-electron chi connectivity index (χ1n) is 6.81. The van der Waals surface area contributed by atoms with Crippen LogP contribution in [0.2, 0.25) is 0 Å². The highest BCUT2D eigenvalue weighted by molar-refractivity contribution is 5.82. The van der Waals surface area contributed by atoms with E-state index >= 15 is 0 Å². The van der Waals surface area contributed by atoms with Crippen LogP contribution < -0.4 is 11.3 Å². The molecule has 1 unspecified atom stereocenters. The summed E-state index contributed by atoms with van der Waals surface area (Å²) in [4.78, 5) is 0. The van der Waals surface area contributed by atoms with Crippen molar-refractivity contribution in [3.05, 3.63) is 72.2 Å². The molecule has 3 N–H and O–H groups in total. The van der Waals surface area contributed by atoms with E-state index in [-0.39, 0.29) is 6.04 Å². The maximum Gasteiger partial charge on any atom is 0.105 e. The molecule has 1 atom stereocenters. The monoisotopic (exact) mass is 266 g/mol. The van der Waals surface area contributed by atoms with Crippen LogP contribution in [0.1, 0.15) is 11.3 Å². The van der Waals surface area contributed by atoms with Gasteiger partial charge in [0.05, 0.1) is 6.26 Å². The van der Waals surface area contributed by atoms with E-state index in [2.05, 4.69) is 47.9 Å². The van der Waals surface area contributed by atoms with Crippen LogP contribution in [-0.2, 0) is 12.8 Å². The van der Waals surface area contributed by atoms with Crippen LogP contribution >= 0.6 is 0 Å². The molecule has 0 spiro atoms. The molecule has 1 aromatic heterocycles. The van der Waals surface area contributed by atoms with E-state index in [9.17, 15) is 0 Å². The zero-order valence-electron chi connectivity index (χ0n) is 11.3. The number of rotatable bonds is 5. The quantitative estimate of drug-likeness (QED) is 0.551. The summed E-state index contributed by atoms with van der Waals surface area (Å²) >= 11 is 0. The van der Waals surface area contributed by atoms with Crippen LogP contribution in [0.3, 0.4) is 0 Å². The fourth-order valence-corrected chi connectivity index (χ4v) is 2.51. The lowest BCUT2D eigenvalue weighted by atomic mass is 10.00. The summed E-state index contributed by atoms with van der Waals surface area (Å²) in [5, 5.41) is 2.53. The van der Waals surface area contributed by atoms with Gasteiger partial charge in [-0.2, -0.15) is 0 Å². The Morgan fingerprint density at radius 2 is 1.80 bits per heavy atom. The van der Waals surface area contributed by atoms with Crippen molar-refractivity contribution in [2.24, 2.45) is 5.84 Å². The van der Waals surface area contributed by atoms with E-state index in [1.807, 2.05) is 12.1 Å². The highest BCUT2D eigenvalue weighted by Gasteiger charge is 2.10. The van der Waals surface area contributed by atoms with Crippen LogP contribution in [0.15, 0.2) is 65.3 Å². The van der Waals surface area contributed by atoms with E-state index in [1.165, 1.54) is 16.3 Å². The highest BCUT2D eigenvalue weighted by Crippen LogP contribution is 2.17. The fraction of sp³-hybridized carbons (Fsp3) is 0.176. The summed E-state index contributed by atoms with van der Waals surface area (Å²) in [7, 11) is 0. The summed E-state index contributed by atoms with van der Waals surface area (Å²) in [5.74, 6) is 6.61. The number of benzene rings is 2. The van der Waals surface area contributed by atoms with Crippen LogP contribution in [-0.4, -0.2) is 6.04 Å². The smallest absolute Gasteiger partial charge is 0.105 e. The van der Waals surface area contributed by atoms with Crippen molar-refractivity contribution in [2.45, 2.75) is 18.9 Å². The van der Waals surface area contributed by atoms with Crippen LogP contribution in [0, 0.1) is 0 Å². The van der Waals surface area contributed by atoms with E-state index in [1.54, 1.807) is 6.26 Å². The van der Waals surface area contributed by atoms with E-state index in [0.29, 0.717) is 0 Å². The van der Waals surface area contributed by atoms with E-state index < -0.39 is 0 Å². The number of nitrogens with one attached hydrogen (secondary N) is 1. The topological polar surface area (TPSA) is 51.2 Å². The number of hydrogen-bond donors (Lipinski definition) is 2. The fourth-order valence-electron chi connectivity index (χ4n) is 2.51. The maximum atomic E-state index is 5.66. The number of furan rings is 1. The van der Waals surface area contributed by atoms with Gasteiger partial charge in [-0.15, -0.1) is 0 Å². The van der Waals surface area contributed by atoms with E-state index in [0.717, 1.165) is 18.6 Å². The van der Waals surface area contributed by atoms with Crippen LogP contribution in [0.25, 0.3) is 10.8 Å². The molecule has 0 amide bonds. The molecule has 0 fully saturated rings. The SMILES string of the molecule is NNC(Cc1ccc2ccccc2c1)Cc1ccco1. The van der Waals surface area contributed by atoms with Crippen LogP contribution in [0.5, 0.6) is 0 Å². The van der Waals surface area contributed by atoms with Gasteiger partial charge in [0, 0.05) is 12.5 Å². The van der Waals surface area contributed by atoms with Crippen molar-refractivity contribution in [3.63, 3.8) is 0 Å². The average molecular weight is 266 g/mol. The highest BCUT2D eigenvalue weighted by atomic mass is 16.3. The van der Waals surface area contributed by atoms with Crippen molar-refractivity contribution in [1.29, 1.82) is 0 Å². The predicted molar refractivity (Wildman–Crippen MR) is 81.2 cm³/mol. The number of hydrogen-bond acceptors (Lipinski definition) is 3. The van der Waals surface area contributed by atoms with Crippen molar-refractivity contribution in [1.82, 2.24) is 5.43 Å². The molecule has 0 saturated heterocycles. The average Bonchev–Trinajstić information content (AvgIpc) is 2.99. The summed E-state index contributed by atoms with van der Waals surface area (Å²) in [6.45, 7) is 0. The van der Waals surface area contributed by atoms with Gasteiger partial charge in [-0.3, -0.25) is 11.3 Å². The summed E-state index contributed by atoms with van der Waals surface area (Å²) in [6.07, 6.45) is 3.36. The Kier molecular flexibility index (Phi) is 3.81. The number of fused-ring (bicyclic) bond motifs is 1. The molecule has 0 saturated carbocycles. The molecular weight excluding hydrogens is 248 g/mol. The van der Waals surface area contributed by atoms with Gasteiger partial charge in [-0.1, -0.05) is 42.5 Å². The zero-order chi connectivity index (χ0) is 13.8. The van der Waals surface area contributed by atoms with Crippen molar-refractivity contribution in [3.8, 4) is 0 Å². The minimum Gasteiger partial charge on any atom is -0.469 e. The largest absolute Gasteiger partial charge is 0.469 e. The van der Waals surface area contributed by atoms with Crippen molar-refractivity contribution < 1.29 is 4.42 Å². The predicted octanol–water partition coefficient (Wildman–Crippen LogP) is 3.05. The lowest BCUT2D eigenvalue weighted by Gasteiger charge is -2.15. The summed E-state index contributed by atoms with van der Waals surface area (Å²) in [5.41, 5.74) is 4.15. The Bertz CT molecular complexity index is 676. The molecule has 3 aromatic rings. The Morgan fingerprint density at radius 1 is 0.950 bits per heavy atom. The molecule has 102 valence electrons. The minimum absolute atomic E-state index is 0.169. The van der Waals surface area contributed by atoms with E-state index in [4.69, 9.17) is 10.3 Å². The first-order valence-corrected chi connectivity index (χ1v) is 6.81. The Hall–Kier alpha value is -2.10. The third-order valence-corrected chi connectivity index (χ3v) is 3.56. The lowest BCUT2D eigenvalue weighted by molar-refractivity contribution is 0.444. The first kappa shape index (κ1) is 12.9. The van der Waals surface area contributed by atoms with Gasteiger partial charge in [0.25, 0.3) is 0 Å². The van der Waals surface area contributed by atoms with Crippen LogP contribution in [0.4, 0.5) is 0 Å². The Morgan fingerprint density at radius 3 is 2.55 bits per heavy atom. The summed E-state index contributed by atoms with van der Waals surface area (Å²) in [6, 6.07) is 19.0. The second kappa shape index (κ2) is 5.90. The molecule has 3 rings (SSSR count). The minimum atomic E-state index is 0.169. The molecule has 3 heteroatoms. The molecule has 2 aromatic carbocycles. The molecule has 3 nitrogen and oxygen atoms in total. The molecular formula is C17H18N2O. The van der Waals surface area contributed by atoms with Gasteiger partial charge in [-0.05, 0) is 34.9 Å². The molecule has 0 aliphatic heterocycles. The molecule has 20 heavy (non-hydrogen) atoms. The van der Waals surface area contributed by atoms with Gasteiger partial charge in [0.15, 0.2) is 0 Å².